The van der Waals surface area contributed by atoms with Crippen molar-refractivity contribution in [2.45, 2.75) is 38.5 Å². The van der Waals surface area contributed by atoms with Gasteiger partial charge in [-0.3, -0.25) is 4.68 Å². The highest BCUT2D eigenvalue weighted by atomic mass is 35.5. The summed E-state index contributed by atoms with van der Waals surface area (Å²) in [6.45, 7) is 6.58. The number of likely N-dealkylation sites (tertiary alicyclic amines) is 1. The van der Waals surface area contributed by atoms with Crippen LogP contribution in [-0.2, 0) is 21.6 Å². The topological polar surface area (TPSA) is 76.8 Å². The molecule has 0 atom stereocenters. The van der Waals surface area contributed by atoms with E-state index in [0.29, 0.717) is 23.9 Å². The van der Waals surface area contributed by atoms with Gasteiger partial charge >= 0.3 is 6.09 Å². The number of methoxy groups -OCH3 is 1. The predicted octanol–water partition coefficient (Wildman–Crippen LogP) is 1.62. The summed E-state index contributed by atoms with van der Waals surface area (Å²) in [6, 6.07) is 0. The molecule has 1 aromatic heterocycles. The quantitative estimate of drug-likeness (QED) is 0.907. The van der Waals surface area contributed by atoms with Crippen LogP contribution in [-0.4, -0.2) is 58.3 Å². The average Bonchev–Trinajstić information content (AvgIpc) is 2.72. The summed E-state index contributed by atoms with van der Waals surface area (Å²) >= 11 is 6.14. The third kappa shape index (κ3) is 3.53. The Balaban J connectivity index is 2.06. The Hall–Kier alpha value is -1.31. The van der Waals surface area contributed by atoms with Gasteiger partial charge in [-0.25, -0.2) is 4.79 Å². The molecular formula is C14H22ClN3O4. The molecule has 0 bridgehead atoms. The van der Waals surface area contributed by atoms with Crippen molar-refractivity contribution in [1.29, 1.82) is 0 Å². The Morgan fingerprint density at radius 3 is 2.68 bits per heavy atom. The Labute approximate surface area is 134 Å². The highest BCUT2D eigenvalue weighted by molar-refractivity contribution is 6.31. The SMILES string of the molecule is COCCn1ncc(Cl)c1C1(O)CN(C(=O)OC(C)(C)C)C1. The number of ether oxygens (including phenoxy) is 2. The van der Waals surface area contributed by atoms with E-state index in [2.05, 4.69) is 5.10 Å². The molecule has 1 saturated heterocycles. The lowest BCUT2D eigenvalue weighted by Gasteiger charge is -2.46. The fraction of sp³-hybridized carbons (Fsp3) is 0.714. The molecule has 1 aliphatic heterocycles. The van der Waals surface area contributed by atoms with Crippen molar-refractivity contribution < 1.29 is 19.4 Å². The van der Waals surface area contributed by atoms with Gasteiger partial charge in [0.05, 0.1) is 43.2 Å². The van der Waals surface area contributed by atoms with Gasteiger partial charge in [0.2, 0.25) is 0 Å². The van der Waals surface area contributed by atoms with Crippen LogP contribution in [0.2, 0.25) is 5.02 Å². The minimum absolute atomic E-state index is 0.125. The smallest absolute Gasteiger partial charge is 0.410 e. The molecule has 0 saturated carbocycles. The van der Waals surface area contributed by atoms with Crippen molar-refractivity contribution in [3.8, 4) is 0 Å². The maximum Gasteiger partial charge on any atom is 0.410 e. The molecule has 1 aliphatic rings. The van der Waals surface area contributed by atoms with Crippen LogP contribution in [0.1, 0.15) is 26.5 Å². The molecule has 0 aliphatic carbocycles. The summed E-state index contributed by atoms with van der Waals surface area (Å²) in [7, 11) is 1.59. The molecule has 1 N–H and O–H groups in total. The van der Waals surface area contributed by atoms with Gasteiger partial charge in [-0.1, -0.05) is 11.6 Å². The first-order chi connectivity index (χ1) is 10.2. The molecule has 1 amide bonds. The monoisotopic (exact) mass is 331 g/mol. The van der Waals surface area contributed by atoms with E-state index in [1.165, 1.54) is 11.1 Å². The molecule has 1 aromatic rings. The minimum atomic E-state index is -1.21. The van der Waals surface area contributed by atoms with Crippen molar-refractivity contribution in [3.63, 3.8) is 0 Å². The van der Waals surface area contributed by atoms with Crippen LogP contribution < -0.4 is 0 Å². The Bertz CT molecular complexity index is 547. The van der Waals surface area contributed by atoms with E-state index < -0.39 is 17.3 Å². The molecule has 1 fully saturated rings. The summed E-state index contributed by atoms with van der Waals surface area (Å²) in [6.07, 6.45) is 1.04. The van der Waals surface area contributed by atoms with Gasteiger partial charge in [0, 0.05) is 7.11 Å². The van der Waals surface area contributed by atoms with Crippen LogP contribution in [0.25, 0.3) is 0 Å². The number of carbonyl (C=O) groups excluding carboxylic acids is 1. The number of aliphatic hydroxyl groups is 1. The molecule has 22 heavy (non-hydrogen) atoms. The molecule has 0 spiro atoms. The first-order valence-corrected chi connectivity index (χ1v) is 7.45. The van der Waals surface area contributed by atoms with E-state index in [-0.39, 0.29) is 13.1 Å². The van der Waals surface area contributed by atoms with Crippen LogP contribution >= 0.6 is 11.6 Å². The second kappa shape index (κ2) is 6.06. The maximum atomic E-state index is 12.0. The molecule has 124 valence electrons. The Kier molecular flexibility index (Phi) is 4.70. The number of hydrogen-bond donors (Lipinski definition) is 1. The summed E-state index contributed by atoms with van der Waals surface area (Å²) in [5.41, 5.74) is -1.27. The van der Waals surface area contributed by atoms with Gasteiger partial charge in [-0.15, -0.1) is 0 Å². The van der Waals surface area contributed by atoms with Gasteiger partial charge in [-0.05, 0) is 20.8 Å². The van der Waals surface area contributed by atoms with Crippen LogP contribution in [0, 0.1) is 0 Å². The van der Waals surface area contributed by atoms with Gasteiger partial charge in [0.15, 0.2) is 0 Å². The lowest BCUT2D eigenvalue weighted by atomic mass is 9.90. The maximum absolute atomic E-state index is 12.0. The minimum Gasteiger partial charge on any atom is -0.444 e. The van der Waals surface area contributed by atoms with E-state index >= 15 is 0 Å². The second-order valence-electron chi connectivity index (χ2n) is 6.43. The standard InChI is InChI=1S/C14H22ClN3O4/c1-13(2,3)22-12(19)17-8-14(20,9-17)11-10(15)7-16-18(11)5-6-21-4/h7,20H,5-6,8-9H2,1-4H3. The van der Waals surface area contributed by atoms with Crippen LogP contribution in [0.3, 0.4) is 0 Å². The summed E-state index contributed by atoms with van der Waals surface area (Å²) in [5, 5.41) is 15.2. The number of aromatic nitrogens is 2. The molecule has 0 radical (unpaired) electrons. The zero-order chi connectivity index (χ0) is 16.5. The van der Waals surface area contributed by atoms with E-state index in [1.807, 2.05) is 0 Å². The fourth-order valence-corrected chi connectivity index (χ4v) is 2.68. The van der Waals surface area contributed by atoms with E-state index in [1.54, 1.807) is 32.6 Å². The zero-order valence-electron chi connectivity index (χ0n) is 13.3. The molecule has 2 heterocycles. The van der Waals surface area contributed by atoms with E-state index in [9.17, 15) is 9.90 Å². The summed E-state index contributed by atoms with van der Waals surface area (Å²) in [5.74, 6) is 0. The van der Waals surface area contributed by atoms with E-state index in [4.69, 9.17) is 21.1 Å². The number of nitrogens with zero attached hydrogens (tertiary/aromatic N) is 3. The van der Waals surface area contributed by atoms with Crippen molar-refractivity contribution in [2.24, 2.45) is 0 Å². The van der Waals surface area contributed by atoms with E-state index in [0.717, 1.165) is 0 Å². The second-order valence-corrected chi connectivity index (χ2v) is 6.83. The number of rotatable bonds is 4. The molecule has 8 heteroatoms. The molecule has 0 aromatic carbocycles. The zero-order valence-corrected chi connectivity index (χ0v) is 14.1. The Morgan fingerprint density at radius 1 is 1.50 bits per heavy atom. The first kappa shape index (κ1) is 17.1. The number of hydrogen-bond acceptors (Lipinski definition) is 5. The number of carbonyl (C=O) groups is 1. The highest BCUT2D eigenvalue weighted by Crippen LogP contribution is 2.36. The highest BCUT2D eigenvalue weighted by Gasteiger charge is 2.49. The third-order valence-electron chi connectivity index (χ3n) is 3.30. The predicted molar refractivity (Wildman–Crippen MR) is 80.8 cm³/mol. The van der Waals surface area contributed by atoms with Gasteiger partial charge in [-0.2, -0.15) is 5.10 Å². The van der Waals surface area contributed by atoms with Crippen LogP contribution in [0.5, 0.6) is 0 Å². The fourth-order valence-electron chi connectivity index (χ4n) is 2.36. The molecule has 2 rings (SSSR count). The summed E-state index contributed by atoms with van der Waals surface area (Å²) in [4.78, 5) is 13.4. The summed E-state index contributed by atoms with van der Waals surface area (Å²) < 4.78 is 11.9. The van der Waals surface area contributed by atoms with Gasteiger partial charge in [0.1, 0.15) is 11.2 Å². The van der Waals surface area contributed by atoms with Gasteiger partial charge < -0.3 is 19.5 Å². The Morgan fingerprint density at radius 2 is 2.14 bits per heavy atom. The van der Waals surface area contributed by atoms with Crippen molar-refractivity contribution in [3.05, 3.63) is 16.9 Å². The molecule has 7 nitrogen and oxygen atoms in total. The lowest BCUT2D eigenvalue weighted by molar-refractivity contribution is -0.108. The largest absolute Gasteiger partial charge is 0.444 e. The van der Waals surface area contributed by atoms with Crippen molar-refractivity contribution in [2.75, 3.05) is 26.8 Å². The van der Waals surface area contributed by atoms with Crippen molar-refractivity contribution in [1.82, 2.24) is 14.7 Å². The van der Waals surface area contributed by atoms with Crippen LogP contribution in [0.15, 0.2) is 6.20 Å². The third-order valence-corrected chi connectivity index (χ3v) is 3.58. The van der Waals surface area contributed by atoms with Crippen molar-refractivity contribution >= 4 is 17.7 Å². The normalized spacial score (nSPS) is 17.3. The van der Waals surface area contributed by atoms with Gasteiger partial charge in [0.25, 0.3) is 0 Å². The first-order valence-electron chi connectivity index (χ1n) is 7.07. The number of β-amino-alcohol motifs (C(OH)–C–C–N with tert-alkyl or cyclic N) is 1. The average molecular weight is 332 g/mol. The number of halogens is 1. The lowest BCUT2D eigenvalue weighted by Crippen LogP contribution is -2.62. The molecular weight excluding hydrogens is 310 g/mol. The molecule has 0 unspecified atom stereocenters. The number of amides is 1. The van der Waals surface area contributed by atoms with Crippen LogP contribution in [0.4, 0.5) is 4.79 Å².